The van der Waals surface area contributed by atoms with E-state index in [0.29, 0.717) is 11.9 Å². The van der Waals surface area contributed by atoms with E-state index in [2.05, 4.69) is 69.4 Å². The van der Waals surface area contributed by atoms with Gasteiger partial charge in [0.2, 0.25) is 0 Å². The molecule has 1 aliphatic heterocycles. The van der Waals surface area contributed by atoms with E-state index in [4.69, 9.17) is 11.6 Å². The summed E-state index contributed by atoms with van der Waals surface area (Å²) in [5.74, 6) is 0.215. The summed E-state index contributed by atoms with van der Waals surface area (Å²) in [6.45, 7) is 16.0. The fourth-order valence-electron chi connectivity index (χ4n) is 4.14. The number of nitrogens with zero attached hydrogens (tertiary/aromatic N) is 4. The Kier molecular flexibility index (Phi) is 7.00. The van der Waals surface area contributed by atoms with Crippen molar-refractivity contribution in [3.05, 3.63) is 66.1 Å². The van der Waals surface area contributed by atoms with Crippen molar-refractivity contribution in [1.82, 2.24) is 25.3 Å². The van der Waals surface area contributed by atoms with E-state index in [-0.39, 0.29) is 22.3 Å². The first-order chi connectivity index (χ1) is 16.2. The molecule has 1 saturated heterocycles. The van der Waals surface area contributed by atoms with Crippen LogP contribution in [0.5, 0.6) is 0 Å². The summed E-state index contributed by atoms with van der Waals surface area (Å²) in [7, 11) is 0. The van der Waals surface area contributed by atoms with Crippen molar-refractivity contribution in [1.29, 1.82) is 0 Å². The topological polar surface area (TPSA) is 81.8 Å². The number of anilines is 3. The summed E-state index contributed by atoms with van der Waals surface area (Å²) in [6, 6.07) is 2.31. The van der Waals surface area contributed by atoms with Gasteiger partial charge in [0.05, 0.1) is 22.3 Å². The molecule has 3 aromatic rings. The first-order valence-electron chi connectivity index (χ1n) is 11.2. The molecule has 1 aliphatic rings. The van der Waals surface area contributed by atoms with Crippen LogP contribution in [-0.4, -0.2) is 45.6 Å². The molecule has 0 aliphatic carbocycles. The number of pyridine rings is 1. The third-order valence-electron chi connectivity index (χ3n) is 5.79. The van der Waals surface area contributed by atoms with E-state index in [1.165, 1.54) is 6.08 Å². The van der Waals surface area contributed by atoms with Crippen molar-refractivity contribution in [2.24, 2.45) is 0 Å². The summed E-state index contributed by atoms with van der Waals surface area (Å²) in [5.41, 5.74) is 3.70. The molecule has 3 N–H and O–H groups in total. The number of piperazine rings is 1. The molecule has 1 unspecified atom stereocenters. The van der Waals surface area contributed by atoms with E-state index >= 15 is 0 Å². The van der Waals surface area contributed by atoms with Gasteiger partial charge < -0.3 is 20.5 Å². The minimum absolute atomic E-state index is 0.0929. The highest BCUT2D eigenvalue weighted by Gasteiger charge is 2.22. The number of nitrogens with one attached hydrogen (secondary N) is 3. The lowest BCUT2D eigenvalue weighted by Crippen LogP contribution is -2.49. The van der Waals surface area contributed by atoms with Crippen LogP contribution in [0, 0.1) is 0 Å². The molecule has 1 fully saturated rings. The molecule has 34 heavy (non-hydrogen) atoms. The first-order valence-corrected chi connectivity index (χ1v) is 11.6. The van der Waals surface area contributed by atoms with Gasteiger partial charge in [-0.05, 0) is 25.0 Å². The molecule has 0 bridgehead atoms. The zero-order valence-electron chi connectivity index (χ0n) is 19.6. The number of allylic oxidation sites excluding steroid dienone is 4. The Morgan fingerprint density at radius 2 is 2.15 bits per heavy atom. The second kappa shape index (κ2) is 9.95. The Morgan fingerprint density at radius 3 is 2.82 bits per heavy atom. The third-order valence-corrected chi connectivity index (χ3v) is 5.90. The molecule has 0 aromatic carbocycles. The van der Waals surface area contributed by atoms with Gasteiger partial charge in [0.1, 0.15) is 17.3 Å². The maximum absolute atomic E-state index is 14.2. The lowest BCUT2D eigenvalue weighted by Gasteiger charge is -2.33. The summed E-state index contributed by atoms with van der Waals surface area (Å²) in [5, 5.41) is 8.09. The number of H-pyrrole nitrogens is 1. The second-order valence-electron chi connectivity index (χ2n) is 8.74. The van der Waals surface area contributed by atoms with Gasteiger partial charge in [0.25, 0.3) is 0 Å². The van der Waals surface area contributed by atoms with Gasteiger partial charge in [0.15, 0.2) is 5.82 Å². The Morgan fingerprint density at radius 1 is 1.35 bits per heavy atom. The van der Waals surface area contributed by atoms with Crippen LogP contribution in [0.15, 0.2) is 54.7 Å². The number of fused-ring (bicyclic) bond motifs is 1. The molecule has 7 nitrogen and oxygen atoms in total. The Bertz CT molecular complexity index is 1260. The molecule has 0 saturated carbocycles. The minimum atomic E-state index is -0.683. The summed E-state index contributed by atoms with van der Waals surface area (Å²) < 4.78 is 14.2. The average molecular weight is 482 g/mol. The van der Waals surface area contributed by atoms with E-state index < -0.39 is 5.83 Å². The Labute approximate surface area is 203 Å². The molecule has 4 rings (SSSR count). The van der Waals surface area contributed by atoms with Gasteiger partial charge >= 0.3 is 0 Å². The number of aromatic nitrogens is 4. The summed E-state index contributed by atoms with van der Waals surface area (Å²) in [4.78, 5) is 19.2. The molecular formula is C25H29ClFN7. The Balaban J connectivity index is 1.80. The molecule has 3 aromatic heterocycles. The van der Waals surface area contributed by atoms with Crippen LogP contribution in [-0.2, 0) is 0 Å². The van der Waals surface area contributed by atoms with Crippen molar-refractivity contribution < 1.29 is 4.39 Å². The molecule has 0 amide bonds. The van der Waals surface area contributed by atoms with Gasteiger partial charge in [-0.15, -0.1) is 0 Å². The van der Waals surface area contributed by atoms with Gasteiger partial charge in [-0.1, -0.05) is 38.6 Å². The van der Waals surface area contributed by atoms with Crippen LogP contribution in [0.4, 0.5) is 21.6 Å². The predicted octanol–water partition coefficient (Wildman–Crippen LogP) is 5.64. The molecule has 9 heteroatoms. The number of hydrogen-bond donors (Lipinski definition) is 3. The highest BCUT2D eigenvalue weighted by atomic mass is 35.5. The molecule has 0 spiro atoms. The third kappa shape index (κ3) is 4.98. The molecule has 1 atom stereocenters. The van der Waals surface area contributed by atoms with Crippen molar-refractivity contribution in [2.45, 2.75) is 32.7 Å². The monoisotopic (exact) mass is 481 g/mol. The van der Waals surface area contributed by atoms with Crippen molar-refractivity contribution >= 4 is 45.4 Å². The molecular weight excluding hydrogens is 453 g/mol. The van der Waals surface area contributed by atoms with Crippen molar-refractivity contribution in [3.8, 4) is 0 Å². The fraction of sp³-hybridized carbons (Fsp3) is 0.320. The van der Waals surface area contributed by atoms with Gasteiger partial charge in [-0.3, -0.25) is 0 Å². The summed E-state index contributed by atoms with van der Waals surface area (Å²) >= 11 is 5.90. The number of hydrogen-bond acceptors (Lipinski definition) is 6. The van der Waals surface area contributed by atoms with E-state index in [1.807, 2.05) is 12.3 Å². The first kappa shape index (κ1) is 23.9. The fourth-order valence-corrected chi connectivity index (χ4v) is 4.25. The molecule has 178 valence electrons. The van der Waals surface area contributed by atoms with E-state index in [1.54, 1.807) is 12.4 Å². The maximum Gasteiger partial charge on any atom is 0.164 e. The van der Waals surface area contributed by atoms with Crippen molar-refractivity contribution in [2.75, 3.05) is 29.9 Å². The quantitative estimate of drug-likeness (QED) is 0.379. The minimum Gasteiger partial charge on any atom is -0.367 e. The maximum atomic E-state index is 14.2. The SMILES string of the molecule is C=C(Cl)/C=C(\C(=C)F)c1ncc(C(C)C)c(Nc2ccnc3[nH]cc(N4CCNC(C)C4)c23)n1. The lowest BCUT2D eigenvalue weighted by atomic mass is 10.1. The Hall–Kier alpha value is -3.23. The number of aromatic amines is 1. The van der Waals surface area contributed by atoms with Gasteiger partial charge in [-0.2, -0.15) is 0 Å². The number of halogens is 2. The van der Waals surface area contributed by atoms with E-state index in [9.17, 15) is 4.39 Å². The standard InChI is InChI=1S/C25H29ClFN7/c1-14(2)19-11-30-23(18(17(5)27)10-15(3)26)33-24(19)32-20-6-7-29-25-22(20)21(12-31-25)34-9-8-28-16(4)13-34/h6-7,10-12,14,16,28H,3,5,8-9,13H2,1-2,4H3,(H2,29,30,31,32,33)/b18-10+. The second-order valence-corrected chi connectivity index (χ2v) is 9.23. The van der Waals surface area contributed by atoms with Crippen LogP contribution in [0.2, 0.25) is 0 Å². The molecule has 4 heterocycles. The highest BCUT2D eigenvalue weighted by molar-refractivity contribution is 6.31. The van der Waals surface area contributed by atoms with Crippen LogP contribution >= 0.6 is 11.6 Å². The lowest BCUT2D eigenvalue weighted by molar-refractivity contribution is 0.485. The smallest absolute Gasteiger partial charge is 0.164 e. The van der Waals surface area contributed by atoms with Crippen LogP contribution < -0.4 is 15.5 Å². The van der Waals surface area contributed by atoms with Gasteiger partial charge in [0, 0.05) is 54.9 Å². The molecule has 0 radical (unpaired) electrons. The normalized spacial score (nSPS) is 16.8. The average Bonchev–Trinajstić information content (AvgIpc) is 3.22. The highest BCUT2D eigenvalue weighted by Crippen LogP contribution is 2.36. The zero-order chi connectivity index (χ0) is 24.4. The zero-order valence-corrected chi connectivity index (χ0v) is 20.4. The van der Waals surface area contributed by atoms with Crippen LogP contribution in [0.25, 0.3) is 16.6 Å². The van der Waals surface area contributed by atoms with Crippen LogP contribution in [0.1, 0.15) is 38.1 Å². The summed E-state index contributed by atoms with van der Waals surface area (Å²) in [6.07, 6.45) is 6.82. The largest absolute Gasteiger partial charge is 0.367 e. The van der Waals surface area contributed by atoms with Crippen LogP contribution in [0.3, 0.4) is 0 Å². The van der Waals surface area contributed by atoms with E-state index in [0.717, 1.165) is 47.6 Å². The van der Waals surface area contributed by atoms with Crippen molar-refractivity contribution in [3.63, 3.8) is 0 Å². The van der Waals surface area contributed by atoms with Gasteiger partial charge in [-0.25, -0.2) is 19.3 Å². The predicted molar refractivity (Wildman–Crippen MR) is 138 cm³/mol. The number of rotatable bonds is 7.